The van der Waals surface area contributed by atoms with Gasteiger partial charge in [0.2, 0.25) is 0 Å². The second-order valence-electron chi connectivity index (χ2n) is 5.20. The normalized spacial score (nSPS) is 14.3. The van der Waals surface area contributed by atoms with Crippen LogP contribution in [0.1, 0.15) is 36.2 Å². The number of halogens is 2. The van der Waals surface area contributed by atoms with Crippen molar-refractivity contribution in [1.82, 2.24) is 0 Å². The maximum Gasteiger partial charge on any atom is 0.336 e. The largest absolute Gasteiger partial charge is 0.478 e. The Morgan fingerprint density at radius 1 is 1.47 bits per heavy atom. The smallest absolute Gasteiger partial charge is 0.336 e. The summed E-state index contributed by atoms with van der Waals surface area (Å²) < 4.78 is 26.9. The van der Waals surface area contributed by atoms with E-state index in [0.29, 0.717) is 11.8 Å². The van der Waals surface area contributed by atoms with E-state index < -0.39 is 23.2 Å². The average Bonchev–Trinajstić information content (AvgIpc) is 2.64. The lowest BCUT2D eigenvalue weighted by atomic mass is 9.96. The van der Waals surface area contributed by atoms with Crippen molar-refractivity contribution in [2.75, 3.05) is 0 Å². The summed E-state index contributed by atoms with van der Waals surface area (Å²) >= 11 is 0. The van der Waals surface area contributed by atoms with Crippen LogP contribution in [0, 0.1) is 11.6 Å². The number of carbonyl (C=O) groups is 1. The van der Waals surface area contributed by atoms with Gasteiger partial charge in [0.1, 0.15) is 5.69 Å². The van der Waals surface area contributed by atoms with E-state index in [2.05, 4.69) is 4.99 Å². The molecule has 2 rings (SSSR count). The zero-order chi connectivity index (χ0) is 14.4. The fourth-order valence-electron chi connectivity index (χ4n) is 2.14. The predicted octanol–water partition coefficient (Wildman–Crippen LogP) is 2.45. The first-order chi connectivity index (χ1) is 8.69. The van der Waals surface area contributed by atoms with Gasteiger partial charge in [-0.3, -0.25) is 4.99 Å². The maximum atomic E-state index is 13.6. The number of hydrogen-bond donors (Lipinski definition) is 2. The van der Waals surface area contributed by atoms with E-state index >= 15 is 0 Å². The molecule has 19 heavy (non-hydrogen) atoms. The molecule has 0 spiro atoms. The number of aliphatic imine (C=N–C) groups is 1. The summed E-state index contributed by atoms with van der Waals surface area (Å²) in [6, 6.07) is 0.666. The molecule has 102 valence electrons. The molecule has 0 bridgehead atoms. The molecule has 0 radical (unpaired) electrons. The second-order valence-corrected chi connectivity index (χ2v) is 5.20. The van der Waals surface area contributed by atoms with E-state index in [-0.39, 0.29) is 29.7 Å². The van der Waals surface area contributed by atoms with Crippen molar-refractivity contribution in [2.45, 2.75) is 32.3 Å². The number of aliphatic hydroxyl groups is 1. The molecule has 0 aliphatic carbocycles. The van der Waals surface area contributed by atoms with E-state index in [1.54, 1.807) is 13.8 Å². The monoisotopic (exact) mass is 269 g/mol. The van der Waals surface area contributed by atoms with E-state index in [4.69, 9.17) is 5.11 Å². The van der Waals surface area contributed by atoms with Gasteiger partial charge in [0, 0.05) is 24.1 Å². The van der Waals surface area contributed by atoms with Crippen molar-refractivity contribution in [2.24, 2.45) is 4.99 Å². The summed E-state index contributed by atoms with van der Waals surface area (Å²) in [7, 11) is 0. The van der Waals surface area contributed by atoms with Crippen molar-refractivity contribution in [1.29, 1.82) is 0 Å². The van der Waals surface area contributed by atoms with E-state index in [1.165, 1.54) is 0 Å². The lowest BCUT2D eigenvalue weighted by Crippen LogP contribution is -2.23. The highest BCUT2D eigenvalue weighted by Gasteiger charge is 2.29. The molecule has 1 aliphatic heterocycles. The molecule has 1 aromatic rings. The molecule has 1 heterocycles. The van der Waals surface area contributed by atoms with Gasteiger partial charge in [-0.1, -0.05) is 0 Å². The molecular weight excluding hydrogens is 256 g/mol. The van der Waals surface area contributed by atoms with Gasteiger partial charge in [0.25, 0.3) is 0 Å². The number of aromatic carboxylic acids is 1. The van der Waals surface area contributed by atoms with Crippen LogP contribution in [0.2, 0.25) is 0 Å². The lowest BCUT2D eigenvalue weighted by molar-refractivity contribution is 0.0695. The van der Waals surface area contributed by atoms with Crippen LogP contribution < -0.4 is 0 Å². The summed E-state index contributed by atoms with van der Waals surface area (Å²) in [4.78, 5) is 14.9. The SMILES string of the molecule is CC(C)(O)CC1=Nc2c(F)c(F)cc(C(=O)O)c2C1. The Kier molecular flexibility index (Phi) is 3.14. The molecule has 0 amide bonds. The molecule has 2 N–H and O–H groups in total. The first-order valence-corrected chi connectivity index (χ1v) is 5.72. The Balaban J connectivity index is 2.47. The van der Waals surface area contributed by atoms with Crippen molar-refractivity contribution in [3.8, 4) is 0 Å². The first-order valence-electron chi connectivity index (χ1n) is 5.72. The number of carboxylic acids is 1. The van der Waals surface area contributed by atoms with Crippen molar-refractivity contribution in [3.63, 3.8) is 0 Å². The number of benzene rings is 1. The van der Waals surface area contributed by atoms with Crippen LogP contribution in [0.25, 0.3) is 0 Å². The van der Waals surface area contributed by atoms with E-state index in [1.807, 2.05) is 0 Å². The minimum Gasteiger partial charge on any atom is -0.478 e. The van der Waals surface area contributed by atoms with Crippen molar-refractivity contribution < 1.29 is 23.8 Å². The van der Waals surface area contributed by atoms with Crippen LogP contribution in [-0.4, -0.2) is 27.5 Å². The number of hydrogen-bond acceptors (Lipinski definition) is 3. The molecule has 0 aromatic heterocycles. The third-order valence-corrected chi connectivity index (χ3v) is 2.82. The number of fused-ring (bicyclic) bond motifs is 1. The van der Waals surface area contributed by atoms with Crippen LogP contribution in [0.4, 0.5) is 14.5 Å². The fourth-order valence-corrected chi connectivity index (χ4v) is 2.14. The number of rotatable bonds is 3. The minimum atomic E-state index is -1.32. The second kappa shape index (κ2) is 4.38. The lowest BCUT2D eigenvalue weighted by Gasteiger charge is -2.16. The molecule has 1 aromatic carbocycles. The van der Waals surface area contributed by atoms with Crippen LogP contribution in [0.3, 0.4) is 0 Å². The highest BCUT2D eigenvalue weighted by atomic mass is 19.2. The summed E-state index contributed by atoms with van der Waals surface area (Å²) in [5.41, 5.74) is -1.00. The first kappa shape index (κ1) is 13.6. The Bertz CT molecular complexity index is 589. The van der Waals surface area contributed by atoms with Gasteiger partial charge in [-0.05, 0) is 19.9 Å². The van der Waals surface area contributed by atoms with Gasteiger partial charge in [-0.2, -0.15) is 0 Å². The minimum absolute atomic E-state index is 0.109. The molecule has 0 fully saturated rings. The number of carboxylic acid groups (broad SMARTS) is 1. The Hall–Kier alpha value is -1.82. The zero-order valence-corrected chi connectivity index (χ0v) is 10.5. The van der Waals surface area contributed by atoms with Crippen molar-refractivity contribution >= 4 is 17.4 Å². The van der Waals surface area contributed by atoms with Crippen LogP contribution in [0.15, 0.2) is 11.1 Å². The van der Waals surface area contributed by atoms with Crippen LogP contribution in [0.5, 0.6) is 0 Å². The molecular formula is C13H13F2NO3. The summed E-state index contributed by atoms with van der Waals surface area (Å²) in [5.74, 6) is -3.70. The van der Waals surface area contributed by atoms with Gasteiger partial charge >= 0.3 is 5.97 Å². The van der Waals surface area contributed by atoms with Crippen LogP contribution >= 0.6 is 0 Å². The summed E-state index contributed by atoms with van der Waals surface area (Å²) in [5, 5.41) is 18.7. The van der Waals surface area contributed by atoms with Gasteiger partial charge in [0.05, 0.1) is 11.2 Å². The van der Waals surface area contributed by atoms with Crippen LogP contribution in [-0.2, 0) is 6.42 Å². The maximum absolute atomic E-state index is 13.6. The highest BCUT2D eigenvalue weighted by molar-refractivity contribution is 6.00. The van der Waals surface area contributed by atoms with Gasteiger partial charge in [-0.15, -0.1) is 0 Å². The molecule has 6 heteroatoms. The summed E-state index contributed by atoms with van der Waals surface area (Å²) in [6.45, 7) is 3.13. The average molecular weight is 269 g/mol. The molecule has 0 unspecified atom stereocenters. The van der Waals surface area contributed by atoms with E-state index in [0.717, 1.165) is 0 Å². The third kappa shape index (κ3) is 2.63. The summed E-state index contributed by atoms with van der Waals surface area (Å²) in [6.07, 6.45) is 0.278. The van der Waals surface area contributed by atoms with E-state index in [9.17, 15) is 18.7 Å². The zero-order valence-electron chi connectivity index (χ0n) is 10.5. The molecule has 0 saturated carbocycles. The van der Waals surface area contributed by atoms with Gasteiger partial charge in [0.15, 0.2) is 11.6 Å². The van der Waals surface area contributed by atoms with Crippen molar-refractivity contribution in [3.05, 3.63) is 28.8 Å². The highest BCUT2D eigenvalue weighted by Crippen LogP contribution is 2.35. The Labute approximate surface area is 108 Å². The standard InChI is InChI=1S/C13H13F2NO3/c1-13(2,19)5-6-3-7-8(12(17)18)4-9(14)10(15)11(7)16-6/h4,19H,3,5H2,1-2H3,(H,17,18). The molecule has 0 atom stereocenters. The topological polar surface area (TPSA) is 69.9 Å². The molecule has 1 aliphatic rings. The number of nitrogens with zero attached hydrogens (tertiary/aromatic N) is 1. The molecule has 0 saturated heterocycles. The van der Waals surface area contributed by atoms with Gasteiger partial charge in [-0.25, -0.2) is 13.6 Å². The molecule has 4 nitrogen and oxygen atoms in total. The third-order valence-electron chi connectivity index (χ3n) is 2.82. The predicted molar refractivity (Wildman–Crippen MR) is 65.0 cm³/mol. The quantitative estimate of drug-likeness (QED) is 0.885. The Morgan fingerprint density at radius 2 is 2.11 bits per heavy atom. The van der Waals surface area contributed by atoms with Gasteiger partial charge < -0.3 is 10.2 Å². The fraction of sp³-hybridized carbons (Fsp3) is 0.385. The Morgan fingerprint density at radius 3 is 2.63 bits per heavy atom.